The minimum atomic E-state index is 0.0569. The van der Waals surface area contributed by atoms with Crippen molar-refractivity contribution in [2.75, 3.05) is 18.0 Å². The second-order valence-corrected chi connectivity index (χ2v) is 6.33. The Kier molecular flexibility index (Phi) is 4.61. The molecular weight excluding hydrogens is 302 g/mol. The zero-order valence-electron chi connectivity index (χ0n) is 14.1. The van der Waals surface area contributed by atoms with Gasteiger partial charge in [0.15, 0.2) is 0 Å². The van der Waals surface area contributed by atoms with Gasteiger partial charge in [-0.1, -0.05) is 0 Å². The van der Waals surface area contributed by atoms with Crippen LogP contribution in [0.15, 0.2) is 29.5 Å². The van der Waals surface area contributed by atoms with Gasteiger partial charge in [-0.2, -0.15) is 5.26 Å². The maximum Gasteiger partial charge on any atom is 0.256 e. The average molecular weight is 323 g/mol. The standard InChI is InChI=1S/C18H21N5O/c1-13-14(2)21-12-23(18(13)24)11-15-5-8-22(9-6-15)17-16(10-19)4-3-7-20-17/h3-4,7,12,15H,5-6,8-9,11H2,1-2H3. The van der Waals surface area contributed by atoms with Crippen molar-refractivity contribution >= 4 is 5.82 Å². The fraction of sp³-hybridized carbons (Fsp3) is 0.444. The van der Waals surface area contributed by atoms with E-state index in [4.69, 9.17) is 0 Å². The van der Waals surface area contributed by atoms with Crippen molar-refractivity contribution in [3.8, 4) is 6.07 Å². The molecule has 6 heteroatoms. The molecule has 6 nitrogen and oxygen atoms in total. The van der Waals surface area contributed by atoms with Crippen LogP contribution in [0.3, 0.4) is 0 Å². The Hall–Kier alpha value is -2.68. The quantitative estimate of drug-likeness (QED) is 0.864. The Morgan fingerprint density at radius 1 is 1.29 bits per heavy atom. The largest absolute Gasteiger partial charge is 0.356 e. The third-order valence-corrected chi connectivity index (χ3v) is 4.79. The Bertz CT molecular complexity index is 828. The Morgan fingerprint density at radius 3 is 2.75 bits per heavy atom. The SMILES string of the molecule is Cc1ncn(CC2CCN(c3ncccc3C#N)CC2)c(=O)c1C. The summed E-state index contributed by atoms with van der Waals surface area (Å²) in [6.45, 7) is 6.09. The lowest BCUT2D eigenvalue weighted by molar-refractivity contribution is 0.349. The first-order valence-electron chi connectivity index (χ1n) is 8.23. The number of nitrogens with zero attached hydrogens (tertiary/aromatic N) is 5. The summed E-state index contributed by atoms with van der Waals surface area (Å²) in [4.78, 5) is 23.1. The number of rotatable bonds is 3. The topological polar surface area (TPSA) is 74.8 Å². The van der Waals surface area contributed by atoms with Crippen molar-refractivity contribution in [1.29, 1.82) is 5.26 Å². The van der Waals surface area contributed by atoms with E-state index in [1.807, 2.05) is 13.8 Å². The Balaban J connectivity index is 1.67. The minimum absolute atomic E-state index is 0.0569. The number of pyridine rings is 1. The van der Waals surface area contributed by atoms with Crippen LogP contribution in [0, 0.1) is 31.1 Å². The van der Waals surface area contributed by atoms with Crippen molar-refractivity contribution in [3.05, 3.63) is 51.8 Å². The number of piperidine rings is 1. The highest BCUT2D eigenvalue weighted by Crippen LogP contribution is 2.24. The molecule has 2 aromatic rings. The molecule has 0 aromatic carbocycles. The smallest absolute Gasteiger partial charge is 0.256 e. The van der Waals surface area contributed by atoms with Gasteiger partial charge >= 0.3 is 0 Å². The first-order chi connectivity index (χ1) is 11.6. The molecule has 1 aliphatic rings. The van der Waals surface area contributed by atoms with Gasteiger partial charge in [-0.05, 0) is 44.7 Å². The van der Waals surface area contributed by atoms with E-state index in [1.54, 1.807) is 29.2 Å². The molecule has 0 unspecified atom stereocenters. The summed E-state index contributed by atoms with van der Waals surface area (Å²) in [5, 5.41) is 9.21. The molecule has 0 N–H and O–H groups in total. The molecule has 0 aliphatic carbocycles. The zero-order chi connectivity index (χ0) is 17.1. The number of hydrogen-bond acceptors (Lipinski definition) is 5. The van der Waals surface area contributed by atoms with Crippen LogP contribution in [-0.4, -0.2) is 27.6 Å². The summed E-state index contributed by atoms with van der Waals surface area (Å²) in [6, 6.07) is 5.79. The minimum Gasteiger partial charge on any atom is -0.356 e. The monoisotopic (exact) mass is 323 g/mol. The molecule has 3 heterocycles. The van der Waals surface area contributed by atoms with E-state index in [-0.39, 0.29) is 5.56 Å². The summed E-state index contributed by atoms with van der Waals surface area (Å²) >= 11 is 0. The third kappa shape index (κ3) is 3.16. The predicted octanol–water partition coefficient (Wildman–Crippen LogP) is 2.04. The second-order valence-electron chi connectivity index (χ2n) is 6.33. The highest BCUT2D eigenvalue weighted by Gasteiger charge is 2.22. The number of nitriles is 1. The maximum absolute atomic E-state index is 12.3. The van der Waals surface area contributed by atoms with E-state index in [2.05, 4.69) is 20.9 Å². The molecule has 124 valence electrons. The summed E-state index contributed by atoms with van der Waals surface area (Å²) in [7, 11) is 0. The molecule has 0 radical (unpaired) electrons. The van der Waals surface area contributed by atoms with Crippen molar-refractivity contribution in [3.63, 3.8) is 0 Å². The summed E-state index contributed by atoms with van der Waals surface area (Å²) in [5.74, 6) is 1.21. The number of aryl methyl sites for hydroxylation is 1. The number of hydrogen-bond donors (Lipinski definition) is 0. The van der Waals surface area contributed by atoms with Gasteiger partial charge in [0.2, 0.25) is 0 Å². The van der Waals surface area contributed by atoms with Crippen LogP contribution in [0.2, 0.25) is 0 Å². The molecule has 2 aromatic heterocycles. The average Bonchev–Trinajstić information content (AvgIpc) is 2.63. The molecule has 0 amide bonds. The maximum atomic E-state index is 12.3. The van der Waals surface area contributed by atoms with Crippen LogP contribution in [0.5, 0.6) is 0 Å². The fourth-order valence-electron chi connectivity index (χ4n) is 3.15. The fourth-order valence-corrected chi connectivity index (χ4v) is 3.15. The van der Waals surface area contributed by atoms with Crippen molar-refractivity contribution in [1.82, 2.24) is 14.5 Å². The van der Waals surface area contributed by atoms with Crippen LogP contribution in [0.25, 0.3) is 0 Å². The van der Waals surface area contributed by atoms with E-state index < -0.39 is 0 Å². The van der Waals surface area contributed by atoms with Gasteiger partial charge in [-0.15, -0.1) is 0 Å². The van der Waals surface area contributed by atoms with Gasteiger partial charge in [0.05, 0.1) is 11.9 Å². The molecular formula is C18H21N5O. The normalized spacial score (nSPS) is 15.3. The van der Waals surface area contributed by atoms with E-state index in [9.17, 15) is 10.1 Å². The van der Waals surface area contributed by atoms with Crippen LogP contribution in [-0.2, 0) is 6.54 Å². The van der Waals surface area contributed by atoms with Gasteiger partial charge in [0.1, 0.15) is 11.9 Å². The molecule has 1 fully saturated rings. The highest BCUT2D eigenvalue weighted by atomic mass is 16.1. The first-order valence-corrected chi connectivity index (χ1v) is 8.23. The summed E-state index contributed by atoms with van der Waals surface area (Å²) < 4.78 is 1.73. The van der Waals surface area contributed by atoms with E-state index in [0.717, 1.165) is 43.0 Å². The zero-order valence-corrected chi connectivity index (χ0v) is 14.1. The Morgan fingerprint density at radius 2 is 2.04 bits per heavy atom. The van der Waals surface area contributed by atoms with Crippen LogP contribution < -0.4 is 10.5 Å². The summed E-state index contributed by atoms with van der Waals surface area (Å²) in [5.41, 5.74) is 2.19. The van der Waals surface area contributed by atoms with Gasteiger partial charge in [0, 0.05) is 37.1 Å². The molecule has 0 saturated carbocycles. The molecule has 3 rings (SSSR count). The predicted molar refractivity (Wildman–Crippen MR) is 91.9 cm³/mol. The number of anilines is 1. The lowest BCUT2D eigenvalue weighted by Gasteiger charge is -2.33. The van der Waals surface area contributed by atoms with Crippen LogP contribution in [0.4, 0.5) is 5.82 Å². The third-order valence-electron chi connectivity index (χ3n) is 4.79. The van der Waals surface area contributed by atoms with Gasteiger partial charge < -0.3 is 4.90 Å². The van der Waals surface area contributed by atoms with Crippen LogP contribution >= 0.6 is 0 Å². The van der Waals surface area contributed by atoms with Gasteiger partial charge in [0.25, 0.3) is 5.56 Å². The second kappa shape index (κ2) is 6.83. The molecule has 0 atom stereocenters. The van der Waals surface area contributed by atoms with E-state index in [1.165, 1.54) is 0 Å². The van der Waals surface area contributed by atoms with Crippen molar-refractivity contribution < 1.29 is 0 Å². The molecule has 1 aliphatic heterocycles. The lowest BCUT2D eigenvalue weighted by Crippen LogP contribution is -2.37. The molecule has 0 spiro atoms. The lowest BCUT2D eigenvalue weighted by atomic mass is 9.96. The summed E-state index contributed by atoms with van der Waals surface area (Å²) in [6.07, 6.45) is 5.33. The van der Waals surface area contributed by atoms with E-state index >= 15 is 0 Å². The molecule has 24 heavy (non-hydrogen) atoms. The number of aromatic nitrogens is 3. The van der Waals surface area contributed by atoms with Gasteiger partial charge in [-0.3, -0.25) is 9.36 Å². The van der Waals surface area contributed by atoms with E-state index in [0.29, 0.717) is 18.0 Å². The highest BCUT2D eigenvalue weighted by molar-refractivity contribution is 5.53. The first kappa shape index (κ1) is 16.2. The van der Waals surface area contributed by atoms with Crippen molar-refractivity contribution in [2.24, 2.45) is 5.92 Å². The van der Waals surface area contributed by atoms with Gasteiger partial charge in [-0.25, -0.2) is 9.97 Å². The van der Waals surface area contributed by atoms with Crippen molar-refractivity contribution in [2.45, 2.75) is 33.2 Å². The Labute approximate surface area is 141 Å². The van der Waals surface area contributed by atoms with Crippen LogP contribution in [0.1, 0.15) is 29.7 Å². The molecule has 1 saturated heterocycles. The molecule has 0 bridgehead atoms.